The number of carbonyl (C=O) groups excluding carboxylic acids is 2. The van der Waals surface area contributed by atoms with E-state index in [9.17, 15) is 9.59 Å². The Labute approximate surface area is 58.5 Å². The Morgan fingerprint density at radius 1 is 1.70 bits per heavy atom. The van der Waals surface area contributed by atoms with Gasteiger partial charge in [-0.2, -0.15) is 0 Å². The zero-order valence-corrected chi connectivity index (χ0v) is 5.72. The Kier molecular flexibility index (Phi) is 1.61. The zero-order valence-electron chi connectivity index (χ0n) is 5.72. The highest BCUT2D eigenvalue weighted by Crippen LogP contribution is 2.32. The van der Waals surface area contributed by atoms with Gasteiger partial charge in [0.05, 0.1) is 12.6 Å². The number of carbonyl (C=O) groups is 2. The SMILES string of the molecule is COC(=O)NC1(C=O)CC1. The van der Waals surface area contributed by atoms with Crippen LogP contribution in [0.25, 0.3) is 0 Å². The predicted octanol–water partition coefficient (Wildman–Crippen LogP) is 0.0739. The number of alkyl carbamates (subject to hydrolysis) is 1. The number of amides is 1. The first-order valence-corrected chi connectivity index (χ1v) is 3.05. The molecule has 1 aliphatic carbocycles. The minimum absolute atomic E-state index is 0.537. The molecule has 0 heterocycles. The third kappa shape index (κ3) is 1.26. The normalized spacial score (nSPS) is 19.3. The molecule has 0 bridgehead atoms. The van der Waals surface area contributed by atoms with Crippen molar-refractivity contribution in [2.45, 2.75) is 18.4 Å². The molecule has 56 valence electrons. The molecule has 4 nitrogen and oxygen atoms in total. The van der Waals surface area contributed by atoms with Crippen molar-refractivity contribution in [1.29, 1.82) is 0 Å². The molecule has 1 fully saturated rings. The molecule has 0 aliphatic heterocycles. The van der Waals surface area contributed by atoms with E-state index >= 15 is 0 Å². The summed E-state index contributed by atoms with van der Waals surface area (Å²) in [4.78, 5) is 20.8. The molecule has 1 rings (SSSR count). The third-order valence-electron chi connectivity index (χ3n) is 1.55. The van der Waals surface area contributed by atoms with Crippen LogP contribution in [0.1, 0.15) is 12.8 Å². The number of rotatable bonds is 2. The van der Waals surface area contributed by atoms with Crippen molar-refractivity contribution in [3.05, 3.63) is 0 Å². The largest absolute Gasteiger partial charge is 0.453 e. The van der Waals surface area contributed by atoms with Crippen molar-refractivity contribution in [1.82, 2.24) is 5.32 Å². The maximum absolute atomic E-state index is 10.5. The van der Waals surface area contributed by atoms with E-state index in [2.05, 4.69) is 10.1 Å². The van der Waals surface area contributed by atoms with Crippen molar-refractivity contribution < 1.29 is 14.3 Å². The van der Waals surface area contributed by atoms with Crippen molar-refractivity contribution in [2.75, 3.05) is 7.11 Å². The maximum Gasteiger partial charge on any atom is 0.407 e. The van der Waals surface area contributed by atoms with Gasteiger partial charge in [0, 0.05) is 0 Å². The van der Waals surface area contributed by atoms with Crippen molar-refractivity contribution in [2.24, 2.45) is 0 Å². The van der Waals surface area contributed by atoms with Crippen LogP contribution >= 0.6 is 0 Å². The minimum Gasteiger partial charge on any atom is -0.453 e. The van der Waals surface area contributed by atoms with Crippen LogP contribution in [-0.4, -0.2) is 25.0 Å². The summed E-state index contributed by atoms with van der Waals surface area (Å²) in [6, 6.07) is 0. The van der Waals surface area contributed by atoms with Gasteiger partial charge < -0.3 is 14.8 Å². The monoisotopic (exact) mass is 143 g/mol. The van der Waals surface area contributed by atoms with Crippen LogP contribution in [0, 0.1) is 0 Å². The Bertz CT molecular complexity index is 162. The topological polar surface area (TPSA) is 55.4 Å². The molecule has 4 heteroatoms. The number of hydrogen-bond donors (Lipinski definition) is 1. The minimum atomic E-state index is -0.590. The zero-order chi connectivity index (χ0) is 7.61. The number of hydrogen-bond acceptors (Lipinski definition) is 3. The summed E-state index contributed by atoms with van der Waals surface area (Å²) in [5.41, 5.74) is -0.590. The molecular weight excluding hydrogens is 134 g/mol. The summed E-state index contributed by atoms with van der Waals surface area (Å²) in [6.07, 6.45) is 1.67. The van der Waals surface area contributed by atoms with Gasteiger partial charge in [-0.25, -0.2) is 4.79 Å². The average molecular weight is 143 g/mol. The van der Waals surface area contributed by atoms with E-state index in [1.165, 1.54) is 7.11 Å². The molecule has 0 aromatic carbocycles. The Morgan fingerprint density at radius 3 is 2.60 bits per heavy atom. The molecule has 1 aliphatic rings. The molecule has 0 unspecified atom stereocenters. The second-order valence-electron chi connectivity index (χ2n) is 2.39. The highest BCUT2D eigenvalue weighted by Gasteiger charge is 2.44. The van der Waals surface area contributed by atoms with Gasteiger partial charge in [-0.15, -0.1) is 0 Å². The summed E-state index contributed by atoms with van der Waals surface area (Å²) in [6.45, 7) is 0. The Morgan fingerprint density at radius 2 is 2.30 bits per heavy atom. The van der Waals surface area contributed by atoms with Gasteiger partial charge in [-0.3, -0.25) is 0 Å². The standard InChI is InChI=1S/C6H9NO3/c1-10-5(9)7-6(4-8)2-3-6/h4H,2-3H2,1H3,(H,7,9). The second-order valence-corrected chi connectivity index (χ2v) is 2.39. The Hall–Kier alpha value is -1.06. The molecule has 0 radical (unpaired) electrons. The summed E-state index contributed by atoms with van der Waals surface area (Å²) >= 11 is 0. The van der Waals surface area contributed by atoms with E-state index in [1.54, 1.807) is 0 Å². The van der Waals surface area contributed by atoms with Crippen LogP contribution < -0.4 is 5.32 Å². The summed E-state index contributed by atoms with van der Waals surface area (Å²) in [5, 5.41) is 2.44. The van der Waals surface area contributed by atoms with Crippen molar-refractivity contribution in [3.8, 4) is 0 Å². The first kappa shape index (κ1) is 7.05. The van der Waals surface area contributed by atoms with Crippen LogP contribution in [0.5, 0.6) is 0 Å². The van der Waals surface area contributed by atoms with E-state index in [4.69, 9.17) is 0 Å². The molecule has 0 atom stereocenters. The van der Waals surface area contributed by atoms with Crippen LogP contribution in [0.2, 0.25) is 0 Å². The number of methoxy groups -OCH3 is 1. The third-order valence-corrected chi connectivity index (χ3v) is 1.55. The van der Waals surface area contributed by atoms with Gasteiger partial charge >= 0.3 is 6.09 Å². The van der Waals surface area contributed by atoms with E-state index in [-0.39, 0.29) is 0 Å². The highest BCUT2D eigenvalue weighted by molar-refractivity contribution is 5.78. The lowest BCUT2D eigenvalue weighted by molar-refractivity contribution is -0.110. The average Bonchev–Trinajstić information content (AvgIpc) is 2.70. The molecule has 0 spiro atoms. The second kappa shape index (κ2) is 2.28. The van der Waals surface area contributed by atoms with E-state index in [0.29, 0.717) is 0 Å². The molecule has 0 saturated heterocycles. The van der Waals surface area contributed by atoms with Gasteiger partial charge in [-0.05, 0) is 12.8 Å². The Balaban J connectivity index is 2.37. The lowest BCUT2D eigenvalue weighted by Gasteiger charge is -2.07. The molecule has 1 saturated carbocycles. The van der Waals surface area contributed by atoms with Crippen molar-refractivity contribution in [3.63, 3.8) is 0 Å². The lowest BCUT2D eigenvalue weighted by atomic mass is 10.3. The van der Waals surface area contributed by atoms with Gasteiger partial charge in [-0.1, -0.05) is 0 Å². The summed E-state index contributed by atoms with van der Waals surface area (Å²) in [7, 11) is 1.27. The quantitative estimate of drug-likeness (QED) is 0.556. The van der Waals surface area contributed by atoms with Gasteiger partial charge in [0.2, 0.25) is 0 Å². The van der Waals surface area contributed by atoms with Crippen molar-refractivity contribution >= 4 is 12.4 Å². The lowest BCUT2D eigenvalue weighted by Crippen LogP contribution is -2.37. The summed E-state index contributed by atoms with van der Waals surface area (Å²) < 4.78 is 4.32. The fraction of sp³-hybridized carbons (Fsp3) is 0.667. The van der Waals surface area contributed by atoms with Gasteiger partial charge in [0.25, 0.3) is 0 Å². The fourth-order valence-electron chi connectivity index (χ4n) is 0.661. The summed E-state index contributed by atoms with van der Waals surface area (Å²) in [5.74, 6) is 0. The number of ether oxygens (including phenoxy) is 1. The van der Waals surface area contributed by atoms with Crippen LogP contribution in [0.3, 0.4) is 0 Å². The van der Waals surface area contributed by atoms with E-state index in [0.717, 1.165) is 19.1 Å². The highest BCUT2D eigenvalue weighted by atomic mass is 16.5. The molecular formula is C6H9NO3. The maximum atomic E-state index is 10.5. The number of aldehydes is 1. The fourth-order valence-corrected chi connectivity index (χ4v) is 0.661. The van der Waals surface area contributed by atoms with E-state index < -0.39 is 11.6 Å². The number of nitrogens with one attached hydrogen (secondary N) is 1. The first-order valence-electron chi connectivity index (χ1n) is 3.05. The van der Waals surface area contributed by atoms with Gasteiger partial charge in [0.15, 0.2) is 0 Å². The molecule has 10 heavy (non-hydrogen) atoms. The molecule has 0 aromatic heterocycles. The first-order chi connectivity index (χ1) is 4.72. The van der Waals surface area contributed by atoms with Crippen LogP contribution in [-0.2, 0) is 9.53 Å². The van der Waals surface area contributed by atoms with Gasteiger partial charge in [0.1, 0.15) is 6.29 Å². The smallest absolute Gasteiger partial charge is 0.407 e. The molecule has 0 aromatic rings. The van der Waals surface area contributed by atoms with Crippen LogP contribution in [0.15, 0.2) is 0 Å². The molecule has 1 amide bonds. The molecule has 1 N–H and O–H groups in total. The van der Waals surface area contributed by atoms with Crippen LogP contribution in [0.4, 0.5) is 4.79 Å². The predicted molar refractivity (Wildman–Crippen MR) is 33.6 cm³/mol. The van der Waals surface area contributed by atoms with E-state index in [1.807, 2.05) is 0 Å².